The van der Waals surface area contributed by atoms with E-state index in [9.17, 15) is 14.7 Å². The van der Waals surface area contributed by atoms with Gasteiger partial charge in [-0.15, -0.1) is 11.3 Å². The predicted molar refractivity (Wildman–Crippen MR) is 92.2 cm³/mol. The van der Waals surface area contributed by atoms with Gasteiger partial charge >= 0.3 is 0 Å². The molecule has 2 amide bonds. The highest BCUT2D eigenvalue weighted by molar-refractivity contribution is 7.14. The third-order valence-corrected chi connectivity index (χ3v) is 4.75. The van der Waals surface area contributed by atoms with E-state index < -0.39 is 0 Å². The van der Waals surface area contributed by atoms with Gasteiger partial charge in [0.15, 0.2) is 5.13 Å². The molecule has 1 aromatic heterocycles. The number of benzene rings is 1. The summed E-state index contributed by atoms with van der Waals surface area (Å²) in [6.45, 7) is 2.03. The molecule has 3 rings (SSSR count). The molecule has 1 heterocycles. The van der Waals surface area contributed by atoms with E-state index >= 15 is 0 Å². The van der Waals surface area contributed by atoms with Crippen LogP contribution in [-0.4, -0.2) is 27.9 Å². The van der Waals surface area contributed by atoms with E-state index in [1.807, 2.05) is 6.92 Å². The molecule has 6 nitrogen and oxygen atoms in total. The molecule has 0 bridgehead atoms. The van der Waals surface area contributed by atoms with Crippen LogP contribution in [0.25, 0.3) is 0 Å². The number of amides is 2. The number of thiazole rings is 1. The van der Waals surface area contributed by atoms with Crippen LogP contribution < -0.4 is 10.6 Å². The van der Waals surface area contributed by atoms with Crippen molar-refractivity contribution in [2.75, 3.05) is 5.32 Å². The van der Waals surface area contributed by atoms with Crippen molar-refractivity contribution >= 4 is 28.3 Å². The minimum atomic E-state index is -0.349. The molecule has 1 atom stereocenters. The van der Waals surface area contributed by atoms with Gasteiger partial charge in [-0.2, -0.15) is 0 Å². The van der Waals surface area contributed by atoms with Crippen LogP contribution in [0.5, 0.6) is 5.75 Å². The molecular formula is C17H19N3O3S. The Hall–Kier alpha value is -2.41. The van der Waals surface area contributed by atoms with Gasteiger partial charge in [0, 0.05) is 17.0 Å². The summed E-state index contributed by atoms with van der Waals surface area (Å²) in [5.74, 6) is 0.245. The quantitative estimate of drug-likeness (QED) is 0.750. The Labute approximate surface area is 143 Å². The van der Waals surface area contributed by atoms with Crippen molar-refractivity contribution in [3.8, 4) is 5.75 Å². The normalized spacial score (nSPS) is 14.9. The topological polar surface area (TPSA) is 91.3 Å². The highest BCUT2D eigenvalue weighted by Gasteiger charge is 2.28. The van der Waals surface area contributed by atoms with Gasteiger partial charge in [-0.3, -0.25) is 14.9 Å². The first-order chi connectivity index (χ1) is 11.5. The molecule has 1 aliphatic rings. The van der Waals surface area contributed by atoms with E-state index in [-0.39, 0.29) is 30.0 Å². The van der Waals surface area contributed by atoms with Crippen LogP contribution in [0, 0.1) is 5.92 Å². The zero-order valence-corrected chi connectivity index (χ0v) is 14.1. The van der Waals surface area contributed by atoms with Crippen molar-refractivity contribution in [1.82, 2.24) is 10.3 Å². The number of carbonyl (C=O) groups is 2. The maximum atomic E-state index is 12.1. The van der Waals surface area contributed by atoms with E-state index in [4.69, 9.17) is 0 Å². The number of hydrogen-bond donors (Lipinski definition) is 3. The van der Waals surface area contributed by atoms with Crippen molar-refractivity contribution < 1.29 is 14.7 Å². The Kier molecular flexibility index (Phi) is 4.80. The first-order valence-electron chi connectivity index (χ1n) is 7.85. The second kappa shape index (κ2) is 7.00. The molecule has 2 aromatic rings. The maximum Gasteiger partial charge on any atom is 0.257 e. The summed E-state index contributed by atoms with van der Waals surface area (Å²) >= 11 is 1.27. The van der Waals surface area contributed by atoms with Crippen molar-refractivity contribution in [3.05, 3.63) is 40.9 Å². The fraction of sp³-hybridized carbons (Fsp3) is 0.353. The molecule has 0 unspecified atom stereocenters. The van der Waals surface area contributed by atoms with Crippen LogP contribution in [0.3, 0.4) is 0 Å². The number of phenolic OH excluding ortho intramolecular Hbond substituents is 1. The van der Waals surface area contributed by atoms with E-state index in [2.05, 4.69) is 15.6 Å². The molecule has 7 heteroatoms. The Morgan fingerprint density at radius 3 is 2.92 bits per heavy atom. The smallest absolute Gasteiger partial charge is 0.257 e. The Morgan fingerprint density at radius 1 is 1.42 bits per heavy atom. The largest absolute Gasteiger partial charge is 0.508 e. The van der Waals surface area contributed by atoms with Gasteiger partial charge in [-0.25, -0.2) is 4.98 Å². The molecule has 24 heavy (non-hydrogen) atoms. The first kappa shape index (κ1) is 16.4. The van der Waals surface area contributed by atoms with Gasteiger partial charge in [0.2, 0.25) is 5.91 Å². The van der Waals surface area contributed by atoms with Gasteiger partial charge in [0.25, 0.3) is 5.91 Å². The van der Waals surface area contributed by atoms with Crippen molar-refractivity contribution in [1.29, 1.82) is 0 Å². The van der Waals surface area contributed by atoms with E-state index in [0.29, 0.717) is 22.3 Å². The van der Waals surface area contributed by atoms with Crippen LogP contribution in [0.4, 0.5) is 5.13 Å². The van der Waals surface area contributed by atoms with Crippen LogP contribution in [0.1, 0.15) is 35.8 Å². The Balaban J connectivity index is 1.55. The first-order valence-corrected chi connectivity index (χ1v) is 8.73. The molecule has 0 spiro atoms. The number of phenols is 1. The Bertz CT molecular complexity index is 755. The van der Waals surface area contributed by atoms with Crippen molar-refractivity contribution in [2.45, 2.75) is 32.2 Å². The molecule has 1 aliphatic carbocycles. The summed E-state index contributed by atoms with van der Waals surface area (Å²) in [5.41, 5.74) is 0.981. The lowest BCUT2D eigenvalue weighted by Gasteiger charge is -2.11. The summed E-state index contributed by atoms with van der Waals surface area (Å²) in [7, 11) is 0. The minimum Gasteiger partial charge on any atom is -0.508 e. The van der Waals surface area contributed by atoms with Crippen LogP contribution in [0.2, 0.25) is 0 Å². The number of rotatable bonds is 6. The minimum absolute atomic E-state index is 0.0314. The number of nitrogens with one attached hydrogen (secondary N) is 2. The highest BCUT2D eigenvalue weighted by atomic mass is 32.1. The Morgan fingerprint density at radius 2 is 2.21 bits per heavy atom. The van der Waals surface area contributed by atoms with Gasteiger partial charge in [-0.05, 0) is 43.9 Å². The summed E-state index contributed by atoms with van der Waals surface area (Å²) in [5, 5.41) is 17.3. The highest BCUT2D eigenvalue weighted by Crippen LogP contribution is 2.32. The predicted octanol–water partition coefficient (Wildman–Crippen LogP) is 2.56. The van der Waals surface area contributed by atoms with Gasteiger partial charge in [0.05, 0.1) is 12.1 Å². The number of aromatic nitrogens is 1. The zero-order chi connectivity index (χ0) is 17.1. The van der Waals surface area contributed by atoms with Gasteiger partial charge in [-0.1, -0.05) is 6.07 Å². The lowest BCUT2D eigenvalue weighted by molar-refractivity contribution is -0.121. The zero-order valence-electron chi connectivity index (χ0n) is 13.3. The summed E-state index contributed by atoms with van der Waals surface area (Å²) in [4.78, 5) is 28.3. The second-order valence-corrected chi connectivity index (χ2v) is 6.88. The standard InChI is InChI=1S/C17H19N3O3S/c1-10(11-5-6-11)18-15(22)8-13-9-24-17(19-13)20-16(23)12-3-2-4-14(21)7-12/h2-4,7,9-11,21H,5-6,8H2,1H3,(H,18,22)(H,19,20,23)/t10-/m0/s1. The summed E-state index contributed by atoms with van der Waals surface area (Å²) < 4.78 is 0. The van der Waals surface area contributed by atoms with Crippen molar-refractivity contribution in [3.63, 3.8) is 0 Å². The second-order valence-electron chi connectivity index (χ2n) is 6.02. The summed E-state index contributed by atoms with van der Waals surface area (Å²) in [6, 6.07) is 6.30. The van der Waals surface area contributed by atoms with E-state index in [0.717, 1.165) is 0 Å². The number of carbonyl (C=O) groups excluding carboxylic acids is 2. The number of hydrogen-bond acceptors (Lipinski definition) is 5. The molecule has 3 N–H and O–H groups in total. The maximum absolute atomic E-state index is 12.1. The molecule has 0 saturated heterocycles. The molecular weight excluding hydrogens is 326 g/mol. The monoisotopic (exact) mass is 345 g/mol. The van der Waals surface area contributed by atoms with Gasteiger partial charge in [0.1, 0.15) is 5.75 Å². The fourth-order valence-corrected chi connectivity index (χ4v) is 3.15. The lowest BCUT2D eigenvalue weighted by atomic mass is 10.2. The molecule has 1 aromatic carbocycles. The van der Waals surface area contributed by atoms with Crippen LogP contribution in [0.15, 0.2) is 29.6 Å². The van der Waals surface area contributed by atoms with Crippen LogP contribution >= 0.6 is 11.3 Å². The average Bonchev–Trinajstić information content (AvgIpc) is 3.30. The third kappa shape index (κ3) is 4.32. The number of anilines is 1. The molecule has 1 saturated carbocycles. The van der Waals surface area contributed by atoms with Crippen LogP contribution in [-0.2, 0) is 11.2 Å². The fourth-order valence-electron chi connectivity index (χ4n) is 2.45. The molecule has 126 valence electrons. The van der Waals surface area contributed by atoms with Gasteiger partial charge < -0.3 is 10.4 Å². The number of nitrogens with zero attached hydrogens (tertiary/aromatic N) is 1. The SMILES string of the molecule is C[C@H](NC(=O)Cc1csc(NC(=O)c2cccc(O)c2)n1)C1CC1. The molecule has 0 radical (unpaired) electrons. The van der Waals surface area contributed by atoms with E-state index in [1.165, 1.54) is 36.3 Å². The lowest BCUT2D eigenvalue weighted by Crippen LogP contribution is -2.35. The molecule has 0 aliphatic heterocycles. The average molecular weight is 345 g/mol. The third-order valence-electron chi connectivity index (χ3n) is 3.94. The summed E-state index contributed by atoms with van der Waals surface area (Å²) in [6.07, 6.45) is 2.57. The van der Waals surface area contributed by atoms with Crippen molar-refractivity contribution in [2.24, 2.45) is 5.92 Å². The van der Waals surface area contributed by atoms with E-state index in [1.54, 1.807) is 17.5 Å². The number of aromatic hydroxyl groups is 1. The molecule has 1 fully saturated rings.